The molecule has 1 amide bonds. The average Bonchev–Trinajstić information content (AvgIpc) is 2.68. The van der Waals surface area contributed by atoms with Gasteiger partial charge in [0.15, 0.2) is 9.84 Å². The maximum absolute atomic E-state index is 12.1. The van der Waals surface area contributed by atoms with E-state index in [1.807, 2.05) is 26.0 Å². The Morgan fingerprint density at radius 2 is 2.00 bits per heavy atom. The summed E-state index contributed by atoms with van der Waals surface area (Å²) in [6.45, 7) is 4.07. The largest absolute Gasteiger partial charge is 0.359 e. The van der Waals surface area contributed by atoms with Crippen molar-refractivity contribution in [2.24, 2.45) is 5.41 Å². The summed E-state index contributed by atoms with van der Waals surface area (Å²) in [7, 11) is -1.61. The first-order valence-corrected chi connectivity index (χ1v) is 8.20. The van der Waals surface area contributed by atoms with Gasteiger partial charge in [0.1, 0.15) is 0 Å². The second-order valence-corrected chi connectivity index (χ2v) is 7.72. The van der Waals surface area contributed by atoms with Crippen LogP contribution in [0.2, 0.25) is 0 Å². The van der Waals surface area contributed by atoms with Crippen molar-refractivity contribution in [1.82, 2.24) is 10.6 Å². The highest BCUT2D eigenvalue weighted by Gasteiger charge is 2.36. The van der Waals surface area contributed by atoms with E-state index in [4.69, 9.17) is 0 Å². The predicted octanol–water partition coefficient (Wildman–Crippen LogP) is 0.877. The second-order valence-electron chi connectivity index (χ2n) is 5.72. The zero-order valence-corrected chi connectivity index (χ0v) is 12.8. The molecule has 1 aromatic carbocycles. The monoisotopic (exact) mass is 296 g/mol. The van der Waals surface area contributed by atoms with E-state index in [1.54, 1.807) is 19.2 Å². The normalized spacial score (nSPS) is 20.4. The fourth-order valence-electron chi connectivity index (χ4n) is 2.42. The number of hydrogen-bond acceptors (Lipinski definition) is 4. The van der Waals surface area contributed by atoms with Gasteiger partial charge in [0.2, 0.25) is 5.91 Å². The van der Waals surface area contributed by atoms with Gasteiger partial charge in [0.05, 0.1) is 16.1 Å². The summed E-state index contributed by atoms with van der Waals surface area (Å²) in [5.41, 5.74) is 0.205. The molecule has 0 spiro atoms. The van der Waals surface area contributed by atoms with Crippen LogP contribution < -0.4 is 10.6 Å². The molecule has 2 N–H and O–H groups in total. The van der Waals surface area contributed by atoms with E-state index < -0.39 is 15.3 Å². The van der Waals surface area contributed by atoms with E-state index in [0.29, 0.717) is 11.4 Å². The first-order valence-electron chi connectivity index (χ1n) is 6.55. The molecule has 0 fully saturated rings. The van der Waals surface area contributed by atoms with Gasteiger partial charge in [-0.1, -0.05) is 18.2 Å². The Morgan fingerprint density at radius 1 is 1.35 bits per heavy atom. The molecule has 1 heterocycles. The number of benzene rings is 1. The van der Waals surface area contributed by atoms with Crippen LogP contribution in [0.1, 0.15) is 25.5 Å². The number of carbonyl (C=O) groups is 1. The summed E-state index contributed by atoms with van der Waals surface area (Å²) in [5.74, 6) is -0.0185. The third kappa shape index (κ3) is 2.71. The molecule has 0 aliphatic carbocycles. The van der Waals surface area contributed by atoms with Crippen LogP contribution >= 0.6 is 0 Å². The summed E-state index contributed by atoms with van der Waals surface area (Å²) < 4.78 is 24.1. The van der Waals surface area contributed by atoms with Crippen molar-refractivity contribution < 1.29 is 13.2 Å². The van der Waals surface area contributed by atoms with Gasteiger partial charge in [-0.15, -0.1) is 0 Å². The minimum atomic E-state index is -3.21. The number of rotatable bonds is 4. The molecule has 1 aliphatic heterocycles. The van der Waals surface area contributed by atoms with Crippen molar-refractivity contribution in [1.29, 1.82) is 0 Å². The van der Waals surface area contributed by atoms with Gasteiger partial charge >= 0.3 is 0 Å². The number of carbonyl (C=O) groups excluding carboxylic acids is 1. The second kappa shape index (κ2) is 5.18. The highest BCUT2D eigenvalue weighted by molar-refractivity contribution is 7.91. The van der Waals surface area contributed by atoms with Gasteiger partial charge in [0, 0.05) is 19.6 Å². The van der Waals surface area contributed by atoms with E-state index in [2.05, 4.69) is 10.6 Å². The number of amides is 1. The molecule has 0 radical (unpaired) electrons. The van der Waals surface area contributed by atoms with Crippen LogP contribution in [0.5, 0.6) is 0 Å². The van der Waals surface area contributed by atoms with E-state index >= 15 is 0 Å². The maximum Gasteiger partial charge on any atom is 0.226 e. The molecule has 5 nitrogen and oxygen atoms in total. The third-order valence-electron chi connectivity index (χ3n) is 3.65. The van der Waals surface area contributed by atoms with Crippen molar-refractivity contribution in [2.45, 2.75) is 24.8 Å². The minimum absolute atomic E-state index is 0.0518. The number of hydrogen-bond donors (Lipinski definition) is 2. The Labute approximate surface area is 119 Å². The maximum atomic E-state index is 12.1. The summed E-state index contributed by atoms with van der Waals surface area (Å²) >= 11 is 0. The number of nitrogens with one attached hydrogen (secondary N) is 2. The Kier molecular flexibility index (Phi) is 3.88. The van der Waals surface area contributed by atoms with Crippen molar-refractivity contribution >= 4 is 15.7 Å². The zero-order valence-electron chi connectivity index (χ0n) is 11.9. The predicted molar refractivity (Wildman–Crippen MR) is 77.1 cm³/mol. The molecule has 1 aliphatic rings. The van der Waals surface area contributed by atoms with Gasteiger partial charge in [-0.2, -0.15) is 0 Å². The van der Waals surface area contributed by atoms with Crippen LogP contribution in [0, 0.1) is 5.41 Å². The number of sulfone groups is 1. The lowest BCUT2D eigenvalue weighted by Gasteiger charge is -2.25. The molecule has 1 aromatic rings. The molecule has 1 unspecified atom stereocenters. The third-order valence-corrected chi connectivity index (χ3v) is 5.46. The average molecular weight is 296 g/mol. The molecular formula is C14H20N2O3S. The van der Waals surface area contributed by atoms with Gasteiger partial charge in [-0.3, -0.25) is 4.79 Å². The molecule has 0 saturated carbocycles. The molecule has 0 aromatic heterocycles. The first kappa shape index (κ1) is 15.0. The van der Waals surface area contributed by atoms with Crippen LogP contribution in [0.25, 0.3) is 0 Å². The lowest BCUT2D eigenvalue weighted by Crippen LogP contribution is -2.43. The topological polar surface area (TPSA) is 75.3 Å². The summed E-state index contributed by atoms with van der Waals surface area (Å²) in [6.07, 6.45) is 0. The van der Waals surface area contributed by atoms with Crippen LogP contribution in [-0.2, 0) is 14.6 Å². The molecule has 20 heavy (non-hydrogen) atoms. The Hall–Kier alpha value is -1.40. The molecule has 110 valence electrons. The van der Waals surface area contributed by atoms with Gasteiger partial charge in [0.25, 0.3) is 0 Å². The smallest absolute Gasteiger partial charge is 0.226 e. The fraction of sp³-hybridized carbons (Fsp3) is 0.500. The van der Waals surface area contributed by atoms with Crippen molar-refractivity contribution in [3.8, 4) is 0 Å². The minimum Gasteiger partial charge on any atom is -0.359 e. The van der Waals surface area contributed by atoms with Crippen LogP contribution in [0.3, 0.4) is 0 Å². The molecule has 1 atom stereocenters. The highest BCUT2D eigenvalue weighted by Crippen LogP contribution is 2.33. The Balaban J connectivity index is 2.16. The SMILES string of the molecule is CNC(=O)C(C)(C)CNC1CS(=O)(=O)c2ccccc21. The fourth-order valence-corrected chi connectivity index (χ4v) is 4.19. The van der Waals surface area contributed by atoms with Crippen molar-refractivity contribution in [3.05, 3.63) is 29.8 Å². The summed E-state index contributed by atoms with van der Waals surface area (Å²) in [5, 5.41) is 5.83. The van der Waals surface area contributed by atoms with Crippen LogP contribution in [-0.4, -0.2) is 33.7 Å². The molecule has 0 bridgehead atoms. The lowest BCUT2D eigenvalue weighted by atomic mass is 9.91. The quantitative estimate of drug-likeness (QED) is 0.865. The Bertz CT molecular complexity index is 623. The van der Waals surface area contributed by atoms with Crippen LogP contribution in [0.4, 0.5) is 0 Å². The van der Waals surface area contributed by atoms with Gasteiger partial charge < -0.3 is 10.6 Å². The number of fused-ring (bicyclic) bond motifs is 1. The van der Waals surface area contributed by atoms with E-state index in [-0.39, 0.29) is 17.7 Å². The summed E-state index contributed by atoms with van der Waals surface area (Å²) in [6, 6.07) is 6.77. The highest BCUT2D eigenvalue weighted by atomic mass is 32.2. The first-order chi connectivity index (χ1) is 9.28. The summed E-state index contributed by atoms with van der Waals surface area (Å²) in [4.78, 5) is 12.1. The lowest BCUT2D eigenvalue weighted by molar-refractivity contribution is -0.128. The van der Waals surface area contributed by atoms with Crippen molar-refractivity contribution in [3.63, 3.8) is 0 Å². The molecule has 6 heteroatoms. The van der Waals surface area contributed by atoms with E-state index in [1.165, 1.54) is 0 Å². The standard InChI is InChI=1S/C14H20N2O3S/c1-14(2,13(17)15-3)9-16-11-8-20(18,19)12-7-5-4-6-10(11)12/h4-7,11,16H,8-9H2,1-3H3,(H,15,17). The van der Waals surface area contributed by atoms with E-state index in [0.717, 1.165) is 5.56 Å². The zero-order chi connectivity index (χ0) is 15.0. The molecular weight excluding hydrogens is 276 g/mol. The van der Waals surface area contributed by atoms with Gasteiger partial charge in [-0.25, -0.2) is 8.42 Å². The molecule has 0 saturated heterocycles. The van der Waals surface area contributed by atoms with Gasteiger partial charge in [-0.05, 0) is 25.5 Å². The van der Waals surface area contributed by atoms with Crippen molar-refractivity contribution in [2.75, 3.05) is 19.3 Å². The van der Waals surface area contributed by atoms with E-state index in [9.17, 15) is 13.2 Å². The molecule has 2 rings (SSSR count). The Morgan fingerprint density at radius 3 is 2.65 bits per heavy atom. The van der Waals surface area contributed by atoms with Crippen LogP contribution in [0.15, 0.2) is 29.2 Å².